The van der Waals surface area contributed by atoms with Crippen LogP contribution in [0.1, 0.15) is 10.4 Å². The van der Waals surface area contributed by atoms with E-state index in [0.29, 0.717) is 12.2 Å². The van der Waals surface area contributed by atoms with Crippen molar-refractivity contribution in [1.29, 1.82) is 0 Å². The first-order chi connectivity index (χ1) is 5.27. The van der Waals surface area contributed by atoms with Crippen molar-refractivity contribution < 1.29 is 9.53 Å². The number of ether oxygens (including phenoxy) is 1. The number of hydrogen-bond donors (Lipinski definition) is 1. The first-order valence-corrected chi connectivity index (χ1v) is 3.00. The quantitative estimate of drug-likeness (QED) is 0.617. The van der Waals surface area contributed by atoms with Crippen molar-refractivity contribution in [3.05, 3.63) is 28.0 Å². The Morgan fingerprint density at radius 2 is 2.36 bits per heavy atom. The van der Waals surface area contributed by atoms with Gasteiger partial charge in [0.25, 0.3) is 0 Å². The van der Waals surface area contributed by atoms with Crippen LogP contribution in [0.3, 0.4) is 0 Å². The van der Waals surface area contributed by atoms with Crippen LogP contribution in [-0.4, -0.2) is 18.4 Å². The van der Waals surface area contributed by atoms with Crippen molar-refractivity contribution >= 4 is 6.29 Å². The minimum Gasteiger partial charge on any atom is -0.482 e. The van der Waals surface area contributed by atoms with Crippen molar-refractivity contribution in [3.63, 3.8) is 0 Å². The van der Waals surface area contributed by atoms with E-state index in [1.165, 1.54) is 19.4 Å². The van der Waals surface area contributed by atoms with Gasteiger partial charge in [0.1, 0.15) is 0 Å². The highest BCUT2D eigenvalue weighted by Gasteiger charge is 1.97. The normalized spacial score (nSPS) is 9.18. The molecule has 1 heterocycles. The van der Waals surface area contributed by atoms with Gasteiger partial charge in [-0.1, -0.05) is 0 Å². The van der Waals surface area contributed by atoms with Crippen LogP contribution in [-0.2, 0) is 0 Å². The number of aromatic amines is 1. The molecule has 4 heteroatoms. The summed E-state index contributed by atoms with van der Waals surface area (Å²) in [5.41, 5.74) is -0.235. The number of hydrogen-bond acceptors (Lipinski definition) is 3. The van der Waals surface area contributed by atoms with Crippen LogP contribution >= 0.6 is 0 Å². The average Bonchev–Trinajstić information content (AvgIpc) is 2.04. The summed E-state index contributed by atoms with van der Waals surface area (Å²) in [5, 5.41) is 0. The lowest BCUT2D eigenvalue weighted by Gasteiger charge is -1.96. The van der Waals surface area contributed by atoms with Crippen molar-refractivity contribution in [2.75, 3.05) is 7.11 Å². The summed E-state index contributed by atoms with van der Waals surface area (Å²) < 4.78 is 4.72. The molecule has 0 aliphatic heterocycles. The minimum absolute atomic E-state index is 0.103. The molecule has 11 heavy (non-hydrogen) atoms. The smallest absolute Gasteiger partial charge is 0.195 e. The van der Waals surface area contributed by atoms with Crippen molar-refractivity contribution in [2.24, 2.45) is 0 Å². The SMILES string of the molecule is COc1cc(=O)c(C=O)c[nH]1. The summed E-state index contributed by atoms with van der Waals surface area (Å²) in [6.07, 6.45) is 1.81. The fourth-order valence-corrected chi connectivity index (χ4v) is 0.674. The maximum atomic E-state index is 10.9. The molecule has 4 nitrogen and oxygen atoms in total. The number of aldehydes is 1. The fraction of sp³-hybridized carbons (Fsp3) is 0.143. The minimum atomic E-state index is -0.337. The van der Waals surface area contributed by atoms with Gasteiger partial charge in [-0.25, -0.2) is 0 Å². The summed E-state index contributed by atoms with van der Waals surface area (Å²) in [7, 11) is 1.44. The Morgan fingerprint density at radius 1 is 1.64 bits per heavy atom. The van der Waals surface area contributed by atoms with Gasteiger partial charge in [0, 0.05) is 12.3 Å². The van der Waals surface area contributed by atoms with E-state index in [4.69, 9.17) is 4.74 Å². The second-order valence-corrected chi connectivity index (χ2v) is 1.94. The monoisotopic (exact) mass is 153 g/mol. The van der Waals surface area contributed by atoms with E-state index < -0.39 is 0 Å². The Balaban J connectivity index is 3.20. The molecule has 0 amide bonds. The molecule has 0 aliphatic rings. The standard InChI is InChI=1S/C7H7NO3/c1-11-7-2-6(10)5(4-9)3-8-7/h2-4H,1H3,(H,8,10). The Morgan fingerprint density at radius 3 is 2.82 bits per heavy atom. The zero-order chi connectivity index (χ0) is 8.27. The molecule has 0 saturated heterocycles. The van der Waals surface area contributed by atoms with Crippen LogP contribution in [0.4, 0.5) is 0 Å². The van der Waals surface area contributed by atoms with Crippen molar-refractivity contribution in [2.45, 2.75) is 0 Å². The maximum absolute atomic E-state index is 10.9. The predicted octanol–water partition coefficient (Wildman–Crippen LogP) is 0.196. The fourth-order valence-electron chi connectivity index (χ4n) is 0.674. The highest BCUT2D eigenvalue weighted by molar-refractivity contribution is 5.73. The van der Waals surface area contributed by atoms with E-state index in [9.17, 15) is 9.59 Å². The number of pyridine rings is 1. The van der Waals surface area contributed by atoms with Gasteiger partial charge in [0.05, 0.1) is 12.7 Å². The summed E-state index contributed by atoms with van der Waals surface area (Å²) in [6, 6.07) is 1.23. The molecular weight excluding hydrogens is 146 g/mol. The number of carbonyl (C=O) groups excluding carboxylic acids is 1. The third-order valence-corrected chi connectivity index (χ3v) is 1.26. The van der Waals surface area contributed by atoms with E-state index in [2.05, 4.69) is 4.98 Å². The molecule has 0 unspecified atom stereocenters. The van der Waals surface area contributed by atoms with Crippen LogP contribution in [0.2, 0.25) is 0 Å². The van der Waals surface area contributed by atoms with Crippen LogP contribution < -0.4 is 10.2 Å². The third-order valence-electron chi connectivity index (χ3n) is 1.26. The zero-order valence-corrected chi connectivity index (χ0v) is 5.96. The highest BCUT2D eigenvalue weighted by atomic mass is 16.5. The Hall–Kier alpha value is -1.58. The van der Waals surface area contributed by atoms with Crippen LogP contribution in [0, 0.1) is 0 Å². The number of rotatable bonds is 2. The van der Waals surface area contributed by atoms with Crippen molar-refractivity contribution in [1.82, 2.24) is 4.98 Å². The van der Waals surface area contributed by atoms with Gasteiger partial charge in [-0.2, -0.15) is 0 Å². The van der Waals surface area contributed by atoms with Gasteiger partial charge in [-0.05, 0) is 0 Å². The van der Waals surface area contributed by atoms with Gasteiger partial charge in [0.2, 0.25) is 0 Å². The zero-order valence-electron chi connectivity index (χ0n) is 5.96. The van der Waals surface area contributed by atoms with Crippen molar-refractivity contribution in [3.8, 4) is 5.88 Å². The van der Waals surface area contributed by atoms with Gasteiger partial charge in [-0.15, -0.1) is 0 Å². The number of carbonyl (C=O) groups is 1. The summed E-state index contributed by atoms with van der Waals surface area (Å²) in [5.74, 6) is 0.348. The Bertz CT molecular complexity index is 316. The lowest BCUT2D eigenvalue weighted by atomic mass is 10.3. The number of nitrogens with one attached hydrogen (secondary N) is 1. The van der Waals surface area contributed by atoms with E-state index in [1.54, 1.807) is 0 Å². The molecule has 0 fully saturated rings. The number of H-pyrrole nitrogens is 1. The second-order valence-electron chi connectivity index (χ2n) is 1.94. The van der Waals surface area contributed by atoms with E-state index in [0.717, 1.165) is 0 Å². The molecule has 58 valence electrons. The van der Waals surface area contributed by atoms with E-state index >= 15 is 0 Å². The second kappa shape index (κ2) is 3.01. The third kappa shape index (κ3) is 1.46. The topological polar surface area (TPSA) is 59.2 Å². The Kier molecular flexibility index (Phi) is 2.06. The van der Waals surface area contributed by atoms with E-state index in [-0.39, 0.29) is 11.0 Å². The number of methoxy groups -OCH3 is 1. The van der Waals surface area contributed by atoms with Gasteiger partial charge in [-0.3, -0.25) is 9.59 Å². The largest absolute Gasteiger partial charge is 0.482 e. The number of aromatic nitrogens is 1. The molecule has 0 spiro atoms. The summed E-state index contributed by atoms with van der Waals surface area (Å²) in [4.78, 5) is 23.7. The molecule has 0 aliphatic carbocycles. The Labute approximate surface area is 62.8 Å². The molecule has 1 N–H and O–H groups in total. The average molecular weight is 153 g/mol. The first kappa shape index (κ1) is 7.53. The molecule has 0 atom stereocenters. The molecular formula is C7H7NO3. The first-order valence-electron chi connectivity index (χ1n) is 3.00. The molecule has 0 saturated carbocycles. The molecule has 1 aromatic heterocycles. The van der Waals surface area contributed by atoms with Gasteiger partial charge in [0.15, 0.2) is 17.6 Å². The van der Waals surface area contributed by atoms with Crippen LogP contribution in [0.15, 0.2) is 17.1 Å². The molecule has 1 aromatic rings. The molecule has 1 rings (SSSR count). The molecule has 0 bridgehead atoms. The summed E-state index contributed by atoms with van der Waals surface area (Å²) >= 11 is 0. The highest BCUT2D eigenvalue weighted by Crippen LogP contribution is 1.98. The van der Waals surface area contributed by atoms with Crippen LogP contribution in [0.5, 0.6) is 5.88 Å². The predicted molar refractivity (Wildman–Crippen MR) is 39.0 cm³/mol. The maximum Gasteiger partial charge on any atom is 0.195 e. The molecule has 0 aromatic carbocycles. The van der Waals surface area contributed by atoms with Gasteiger partial charge < -0.3 is 9.72 Å². The summed E-state index contributed by atoms with van der Waals surface area (Å²) in [6.45, 7) is 0. The lowest BCUT2D eigenvalue weighted by molar-refractivity contribution is 0.112. The van der Waals surface area contributed by atoms with Crippen LogP contribution in [0.25, 0.3) is 0 Å². The van der Waals surface area contributed by atoms with E-state index in [1.807, 2.05) is 0 Å². The van der Waals surface area contributed by atoms with Gasteiger partial charge >= 0.3 is 0 Å². The lowest BCUT2D eigenvalue weighted by Crippen LogP contribution is -2.07. The molecule has 0 radical (unpaired) electrons.